The monoisotopic (exact) mass is 1870 g/mol. The van der Waals surface area contributed by atoms with Crippen LogP contribution in [0.2, 0.25) is 0 Å². The van der Waals surface area contributed by atoms with Gasteiger partial charge in [0.25, 0.3) is 6.01 Å². The molecule has 6 fully saturated rings. The second kappa shape index (κ2) is 44.0. The Morgan fingerprint density at radius 2 is 0.861 bits per heavy atom. The van der Waals surface area contributed by atoms with Gasteiger partial charge in [0.2, 0.25) is 5.89 Å². The minimum atomic E-state index is -0.754. The summed E-state index contributed by atoms with van der Waals surface area (Å²) < 4.78 is 49.8. The van der Waals surface area contributed by atoms with Crippen molar-refractivity contribution in [1.82, 2.24) is 120 Å². The maximum atomic E-state index is 11.4. The van der Waals surface area contributed by atoms with Crippen molar-refractivity contribution in [2.75, 3.05) is 10.6 Å². The summed E-state index contributed by atoms with van der Waals surface area (Å²) in [5, 5.41) is 94.5. The summed E-state index contributed by atoms with van der Waals surface area (Å²) in [4.78, 5) is 77.6. The molecule has 6 N–H and O–H groups in total. The maximum absolute atomic E-state index is 11.4. The number of hydrogen-bond acceptors (Lipinski definition) is 32. The minimum absolute atomic E-state index is 0.1000. The van der Waals surface area contributed by atoms with E-state index in [4.69, 9.17) is 52.3 Å². The van der Waals surface area contributed by atoms with E-state index < -0.39 is 23.9 Å². The van der Waals surface area contributed by atoms with Crippen molar-refractivity contribution in [1.29, 1.82) is 0 Å². The van der Waals surface area contributed by atoms with E-state index in [1.165, 1.54) is 25.7 Å². The van der Waals surface area contributed by atoms with Crippen LogP contribution in [-0.2, 0) is 99.1 Å². The van der Waals surface area contributed by atoms with Gasteiger partial charge in [-0.3, -0.25) is 23.9 Å². The number of benzene rings is 1. The van der Waals surface area contributed by atoms with Crippen molar-refractivity contribution in [3.05, 3.63) is 171 Å². The standard InChI is InChI=1S/C26H29N7O4.C24H31N7O3.C23H28N6O4.C23H30N6O4/c1-16-22(36-19-10-6-9-18(14-19)25(34)35)12-11-20(28-16)24-21(33(2)32-30-24)15-27-26-29-23(31-37-26)13-17-7-4-3-5-8-17;1-3-19-22(34-18-6-4-5-16(12-18)24(32)33)10-9-20(25-19)23-21(30(2)28-27-23)14-31-13-17(26-29-31)11-15-7-8-15;1-13-19(32-16-5-3-4-15(11-16)23(30)31)9-8-17(24-13)22-18(29(2)28-26-22)12-20-25-21(33-27-20)10-14-6-7-14;1-13(2)20-12-25-23(33-20)24-11-18-21(27-28-29(18)4)17-8-9-19(14(3)26-17)32-16-7-5-6-15(10-16)22(30)31/h3-5,7-8,11-12,18-19H,6,9-10,13-15H2,1-2H3,(H,34,35)(H,27,29,31);9-10,13,15-16,18H,3-8,11-12,14H2,1-2H3,(H,32,33);8-9,14-16H,3-7,10-12H2,1-2H3,(H,30,31);8-9,12-13,15-16H,5-7,10-11H2,1-4H3,(H,24,25)(H,30,31)/t18-,19-;16-,18-;2*15-,16-/m0000/s1. The molecule has 0 spiro atoms. The molecule has 0 aliphatic heterocycles. The van der Waals surface area contributed by atoms with Gasteiger partial charge in [0.15, 0.2) is 11.6 Å². The minimum Gasteiger partial charge on any atom is -0.489 e. The molecular formula is C96H118N26O15. The first kappa shape index (κ1) is 95.8. The molecule has 6 aliphatic rings. The van der Waals surface area contributed by atoms with E-state index in [0.717, 1.165) is 139 Å². The molecule has 41 nitrogen and oxygen atoms in total. The summed E-state index contributed by atoms with van der Waals surface area (Å²) in [6.07, 6.45) is 23.7. The van der Waals surface area contributed by atoms with Crippen LogP contribution in [0.1, 0.15) is 235 Å². The summed E-state index contributed by atoms with van der Waals surface area (Å²) >= 11 is 0. The molecule has 1 aromatic carbocycles. The van der Waals surface area contributed by atoms with Crippen LogP contribution >= 0.6 is 0 Å². The van der Waals surface area contributed by atoms with Gasteiger partial charge in [0.1, 0.15) is 51.5 Å². The summed E-state index contributed by atoms with van der Waals surface area (Å²) in [5.74, 6) is 2.78. The van der Waals surface area contributed by atoms with Gasteiger partial charge >= 0.3 is 29.9 Å². The van der Waals surface area contributed by atoms with E-state index in [-0.39, 0.29) is 54.0 Å². The lowest BCUT2D eigenvalue weighted by Crippen LogP contribution is -2.29. The SMILES string of the molecule is CCc1nc(-c2nnn(C)c2Cn2cc(CC3CC3)nn2)ccc1O[C@H]1CCC[C@H](C(=O)O)C1.Cc1nc(-c2nnn(C)c2CNc2nc(Cc3ccccc3)no2)ccc1O[C@H]1CCC[C@H](C(=O)O)C1.Cc1nc(-c2nnn(C)c2CNc2ncc(C(C)C)o2)ccc1O[C@H]1CCC[C@H](C(=O)O)C1.Cc1nc(-c2nnn(C)c2Cc2noc(CC3CC3)n2)ccc1O[C@H]1CCC[C@H](C(=O)O)C1. The highest BCUT2D eigenvalue weighted by Crippen LogP contribution is 2.39. The second-order valence-electron chi connectivity index (χ2n) is 36.7. The first-order chi connectivity index (χ1) is 66.2. The van der Waals surface area contributed by atoms with Crippen LogP contribution in [0.3, 0.4) is 0 Å². The first-order valence-corrected chi connectivity index (χ1v) is 47.3. The van der Waals surface area contributed by atoms with Crippen molar-refractivity contribution in [2.24, 2.45) is 63.7 Å². The number of pyridine rings is 4. The fourth-order valence-corrected chi connectivity index (χ4v) is 17.7. The highest BCUT2D eigenvalue weighted by atomic mass is 16.5. The zero-order valence-electron chi connectivity index (χ0n) is 78.8. The number of carboxylic acid groups (broad SMARTS) is 4. The quantitative estimate of drug-likeness (QED) is 0.0218. The average Bonchev–Trinajstić information content (AvgIpc) is 1.70. The molecule has 41 heteroatoms. The molecule has 0 bridgehead atoms. The van der Waals surface area contributed by atoms with E-state index in [1.807, 2.05) is 159 Å². The largest absolute Gasteiger partial charge is 0.489 e. The second-order valence-corrected chi connectivity index (χ2v) is 36.7. The number of nitrogens with zero attached hydrogens (tertiary/aromatic N) is 24. The number of aryl methyl sites for hydroxylation is 8. The number of ether oxygens (including phenoxy) is 4. The number of carboxylic acids is 4. The predicted molar refractivity (Wildman–Crippen MR) is 494 cm³/mol. The number of carbonyl (C=O) groups is 4. The number of anilines is 2. The molecule has 0 radical (unpaired) electrons. The van der Waals surface area contributed by atoms with Gasteiger partial charge in [0, 0.05) is 53.1 Å². The summed E-state index contributed by atoms with van der Waals surface area (Å²) in [6.45, 7) is 13.1. The highest BCUT2D eigenvalue weighted by Gasteiger charge is 2.35. The fourth-order valence-electron chi connectivity index (χ4n) is 17.7. The Kier molecular flexibility index (Phi) is 30.8. The van der Waals surface area contributed by atoms with Crippen molar-refractivity contribution >= 4 is 35.9 Å². The third-order valence-electron chi connectivity index (χ3n) is 25.9. The van der Waals surface area contributed by atoms with Crippen LogP contribution in [0.4, 0.5) is 12.0 Å². The van der Waals surface area contributed by atoms with E-state index in [1.54, 1.807) is 24.9 Å². The van der Waals surface area contributed by atoms with Crippen LogP contribution in [0.5, 0.6) is 23.0 Å². The number of hydrogen-bond donors (Lipinski definition) is 6. The lowest BCUT2D eigenvalue weighted by molar-refractivity contribution is -0.144. The number of aliphatic carboxylic acids is 4. The first-order valence-electron chi connectivity index (χ1n) is 47.3. The Bertz CT molecular complexity index is 6300. The van der Waals surface area contributed by atoms with Gasteiger partial charge in [-0.15, -0.1) is 25.5 Å². The molecule has 8 atom stereocenters. The summed E-state index contributed by atoms with van der Waals surface area (Å²) in [7, 11) is 7.35. The molecule has 13 aromatic rings. The Balaban J connectivity index is 0.000000132. The molecular weight excluding hydrogens is 1760 g/mol. The van der Waals surface area contributed by atoms with E-state index in [2.05, 4.69) is 87.5 Å². The normalized spacial score (nSPS) is 19.2. The fraction of sp³-hybridized carbons (Fsp3) is 0.510. The van der Waals surface area contributed by atoms with E-state index >= 15 is 0 Å². The zero-order valence-corrected chi connectivity index (χ0v) is 78.8. The smallest absolute Gasteiger partial charge is 0.321 e. The number of nitrogens with one attached hydrogen (secondary N) is 2. The predicted octanol–water partition coefficient (Wildman–Crippen LogP) is 13.9. The number of rotatable bonds is 34. The van der Waals surface area contributed by atoms with E-state index in [9.17, 15) is 39.6 Å². The molecule has 6 saturated carbocycles. The molecule has 19 rings (SSSR count). The molecule has 137 heavy (non-hydrogen) atoms. The lowest BCUT2D eigenvalue weighted by Gasteiger charge is -2.28. The molecule has 722 valence electrons. The summed E-state index contributed by atoms with van der Waals surface area (Å²) in [6, 6.07) is 25.7. The van der Waals surface area contributed by atoms with Gasteiger partial charge < -0.3 is 63.5 Å². The van der Waals surface area contributed by atoms with Gasteiger partial charge in [-0.25, -0.2) is 43.6 Å². The number of aromatic nitrogens is 24. The van der Waals surface area contributed by atoms with Crippen LogP contribution in [0.15, 0.2) is 105 Å². The van der Waals surface area contributed by atoms with Crippen LogP contribution in [-0.4, -0.2) is 189 Å². The molecule has 0 unspecified atom stereocenters. The van der Waals surface area contributed by atoms with E-state index in [0.29, 0.717) is 188 Å². The van der Waals surface area contributed by atoms with Crippen molar-refractivity contribution < 1.29 is 72.0 Å². The van der Waals surface area contributed by atoms with Gasteiger partial charge in [-0.05, 0) is 228 Å². The third-order valence-corrected chi connectivity index (χ3v) is 25.9. The molecule has 0 amide bonds. The van der Waals surface area contributed by atoms with Crippen molar-refractivity contribution in [3.8, 4) is 68.5 Å². The Labute approximate surface area is 790 Å². The number of oxazole rings is 1. The molecule has 0 saturated heterocycles. The third kappa shape index (κ3) is 25.1. The average molecular weight is 1880 g/mol. The topological polar surface area (TPSA) is 519 Å². The van der Waals surface area contributed by atoms with Gasteiger partial charge in [0.05, 0.1) is 154 Å². The Morgan fingerprint density at radius 3 is 1.31 bits per heavy atom. The molecule has 12 heterocycles. The zero-order chi connectivity index (χ0) is 95.9. The van der Waals surface area contributed by atoms with Crippen LogP contribution in [0.25, 0.3) is 45.6 Å². The van der Waals surface area contributed by atoms with Crippen LogP contribution in [0, 0.1) is 56.3 Å². The van der Waals surface area contributed by atoms with Crippen LogP contribution < -0.4 is 29.6 Å². The molecule has 6 aliphatic carbocycles. The Hall–Kier alpha value is -14.3. The van der Waals surface area contributed by atoms with Crippen molar-refractivity contribution in [3.63, 3.8) is 0 Å². The maximum Gasteiger partial charge on any atom is 0.321 e. The Morgan fingerprint density at radius 1 is 0.445 bits per heavy atom. The van der Waals surface area contributed by atoms with Gasteiger partial charge in [-0.1, -0.05) is 87.5 Å². The highest BCUT2D eigenvalue weighted by molar-refractivity contribution is 5.72. The molecule has 12 aromatic heterocycles. The summed E-state index contributed by atoms with van der Waals surface area (Å²) in [5.41, 5.74) is 14.0. The van der Waals surface area contributed by atoms with Gasteiger partial charge in [-0.2, -0.15) is 9.97 Å². The van der Waals surface area contributed by atoms with Crippen molar-refractivity contribution in [2.45, 2.75) is 252 Å². The lowest BCUT2D eigenvalue weighted by atomic mass is 9.87.